The molecule has 0 atom stereocenters. The van der Waals surface area contributed by atoms with Gasteiger partial charge in [-0.2, -0.15) is 0 Å². The van der Waals surface area contributed by atoms with Crippen LogP contribution in [-0.4, -0.2) is 11.1 Å². The number of fused-ring (bicyclic) bond motifs is 2. The highest BCUT2D eigenvalue weighted by Crippen LogP contribution is 2.37. The molecular weight excluding hydrogens is 322 g/mol. The number of carboxylic acid groups (broad SMARTS) is 1. The minimum absolute atomic E-state index is 0.0684. The smallest absolute Gasteiger partial charge is 0.307 e. The fraction of sp³-hybridized carbons (Fsp3) is 0.174. The average molecular weight is 343 g/mol. The summed E-state index contributed by atoms with van der Waals surface area (Å²) in [5.41, 5.74) is 7.08. The van der Waals surface area contributed by atoms with E-state index in [9.17, 15) is 4.79 Å². The molecule has 1 aliphatic rings. The van der Waals surface area contributed by atoms with Gasteiger partial charge in [0.15, 0.2) is 0 Å². The maximum atomic E-state index is 11.1. The first kappa shape index (κ1) is 16.4. The first-order chi connectivity index (χ1) is 12.7. The zero-order chi connectivity index (χ0) is 17.9. The fourth-order valence-corrected chi connectivity index (χ4v) is 3.71. The molecule has 3 aromatic carbocycles. The fourth-order valence-electron chi connectivity index (χ4n) is 3.71. The molecular formula is C23H21NO2. The van der Waals surface area contributed by atoms with Crippen LogP contribution in [-0.2, 0) is 30.6 Å². The van der Waals surface area contributed by atoms with Crippen LogP contribution >= 0.6 is 0 Å². The van der Waals surface area contributed by atoms with Crippen molar-refractivity contribution in [2.75, 3.05) is 4.90 Å². The van der Waals surface area contributed by atoms with E-state index >= 15 is 0 Å². The van der Waals surface area contributed by atoms with Gasteiger partial charge in [0, 0.05) is 17.9 Å². The van der Waals surface area contributed by atoms with Crippen LogP contribution in [0.1, 0.15) is 22.3 Å². The molecule has 26 heavy (non-hydrogen) atoms. The van der Waals surface area contributed by atoms with Crippen LogP contribution in [0, 0.1) is 0 Å². The van der Waals surface area contributed by atoms with Crippen molar-refractivity contribution in [2.24, 2.45) is 0 Å². The zero-order valence-corrected chi connectivity index (χ0v) is 14.6. The molecule has 0 saturated heterocycles. The Morgan fingerprint density at radius 2 is 1.50 bits per heavy atom. The molecule has 0 aromatic heterocycles. The molecule has 4 rings (SSSR count). The lowest BCUT2D eigenvalue weighted by molar-refractivity contribution is -0.136. The van der Waals surface area contributed by atoms with Gasteiger partial charge >= 0.3 is 5.97 Å². The van der Waals surface area contributed by atoms with Gasteiger partial charge in [-0.1, -0.05) is 60.7 Å². The highest BCUT2D eigenvalue weighted by Gasteiger charge is 2.21. The molecule has 0 saturated carbocycles. The summed E-state index contributed by atoms with van der Waals surface area (Å²) in [5, 5.41) is 9.10. The van der Waals surface area contributed by atoms with E-state index < -0.39 is 5.97 Å². The quantitative estimate of drug-likeness (QED) is 0.743. The number of aryl methyl sites for hydroxylation is 2. The minimum Gasteiger partial charge on any atom is -0.481 e. The summed E-state index contributed by atoms with van der Waals surface area (Å²) in [6.07, 6.45) is 1.95. The largest absolute Gasteiger partial charge is 0.481 e. The summed E-state index contributed by atoms with van der Waals surface area (Å²) in [6, 6.07) is 25.1. The van der Waals surface area contributed by atoms with E-state index in [-0.39, 0.29) is 6.42 Å². The Morgan fingerprint density at radius 1 is 0.808 bits per heavy atom. The van der Waals surface area contributed by atoms with E-state index in [0.29, 0.717) is 0 Å². The highest BCUT2D eigenvalue weighted by atomic mass is 16.4. The van der Waals surface area contributed by atoms with Gasteiger partial charge in [0.05, 0.1) is 6.42 Å². The molecule has 0 amide bonds. The van der Waals surface area contributed by atoms with Crippen LogP contribution in [0.15, 0.2) is 72.8 Å². The van der Waals surface area contributed by atoms with Gasteiger partial charge in [-0.25, -0.2) is 0 Å². The Hall–Kier alpha value is -3.07. The van der Waals surface area contributed by atoms with Crippen molar-refractivity contribution in [1.82, 2.24) is 0 Å². The predicted octanol–water partition coefficient (Wildman–Crippen LogP) is 4.75. The van der Waals surface area contributed by atoms with E-state index in [2.05, 4.69) is 65.6 Å². The molecule has 3 heteroatoms. The number of carboxylic acids is 1. The molecule has 0 unspecified atom stereocenters. The van der Waals surface area contributed by atoms with E-state index in [1.54, 1.807) is 0 Å². The monoisotopic (exact) mass is 343 g/mol. The second kappa shape index (κ2) is 7.04. The van der Waals surface area contributed by atoms with Crippen LogP contribution in [0.4, 0.5) is 11.4 Å². The number of rotatable bonds is 4. The van der Waals surface area contributed by atoms with E-state index in [1.165, 1.54) is 28.1 Å². The van der Waals surface area contributed by atoms with Gasteiger partial charge in [0.1, 0.15) is 0 Å². The number of nitrogens with zero attached hydrogens (tertiary/aromatic N) is 1. The summed E-state index contributed by atoms with van der Waals surface area (Å²) in [7, 11) is 0. The standard InChI is InChI=1S/C23H21NO2/c25-23(26)15-18-10-13-22-20(14-18)12-11-19-8-4-5-9-21(19)24(22)16-17-6-2-1-3-7-17/h1-10,13-14H,11-12,15-16H2,(H,25,26). The van der Waals surface area contributed by atoms with E-state index in [0.717, 1.165) is 24.9 Å². The van der Waals surface area contributed by atoms with Crippen LogP contribution in [0.25, 0.3) is 0 Å². The number of para-hydroxylation sites is 1. The second-order valence-corrected chi connectivity index (χ2v) is 6.73. The normalized spacial score (nSPS) is 12.8. The first-order valence-electron chi connectivity index (χ1n) is 8.94. The Kier molecular flexibility index (Phi) is 4.44. The number of benzene rings is 3. The lowest BCUT2D eigenvalue weighted by Crippen LogP contribution is -2.18. The summed E-state index contributed by atoms with van der Waals surface area (Å²) in [5.74, 6) is -0.789. The Labute approximate surface area is 153 Å². The van der Waals surface area contributed by atoms with Crippen LogP contribution < -0.4 is 4.90 Å². The molecule has 130 valence electrons. The molecule has 1 heterocycles. The van der Waals surface area contributed by atoms with Gasteiger partial charge in [-0.15, -0.1) is 0 Å². The second-order valence-electron chi connectivity index (χ2n) is 6.73. The van der Waals surface area contributed by atoms with E-state index in [4.69, 9.17) is 5.11 Å². The van der Waals surface area contributed by atoms with Crippen molar-refractivity contribution in [3.63, 3.8) is 0 Å². The number of aliphatic carboxylic acids is 1. The van der Waals surface area contributed by atoms with Crippen molar-refractivity contribution < 1.29 is 9.90 Å². The van der Waals surface area contributed by atoms with Gasteiger partial charge in [0.2, 0.25) is 0 Å². The Morgan fingerprint density at radius 3 is 2.31 bits per heavy atom. The number of carbonyl (C=O) groups is 1. The van der Waals surface area contributed by atoms with Gasteiger partial charge in [-0.05, 0) is 47.2 Å². The van der Waals surface area contributed by atoms with Crippen molar-refractivity contribution in [1.29, 1.82) is 0 Å². The molecule has 0 bridgehead atoms. The van der Waals surface area contributed by atoms with E-state index in [1.807, 2.05) is 12.1 Å². The van der Waals surface area contributed by atoms with Crippen LogP contribution in [0.5, 0.6) is 0 Å². The third-order valence-corrected chi connectivity index (χ3v) is 4.92. The lowest BCUT2D eigenvalue weighted by Gasteiger charge is -2.27. The molecule has 0 radical (unpaired) electrons. The van der Waals surface area contributed by atoms with Gasteiger partial charge < -0.3 is 10.0 Å². The summed E-state index contributed by atoms with van der Waals surface area (Å²) < 4.78 is 0. The van der Waals surface area contributed by atoms with Crippen molar-refractivity contribution >= 4 is 17.3 Å². The van der Waals surface area contributed by atoms with Gasteiger partial charge in [0.25, 0.3) is 0 Å². The maximum absolute atomic E-state index is 11.1. The third kappa shape index (κ3) is 3.33. The van der Waals surface area contributed by atoms with Crippen molar-refractivity contribution in [2.45, 2.75) is 25.8 Å². The molecule has 0 spiro atoms. The minimum atomic E-state index is -0.789. The average Bonchev–Trinajstić information content (AvgIpc) is 2.80. The molecule has 0 aliphatic carbocycles. The Bertz CT molecular complexity index is 934. The molecule has 1 aliphatic heterocycles. The first-order valence-corrected chi connectivity index (χ1v) is 8.94. The summed E-state index contributed by atoms with van der Waals surface area (Å²) >= 11 is 0. The maximum Gasteiger partial charge on any atom is 0.307 e. The van der Waals surface area contributed by atoms with Crippen molar-refractivity contribution in [3.8, 4) is 0 Å². The lowest BCUT2D eigenvalue weighted by atomic mass is 10.0. The Balaban J connectivity index is 1.79. The summed E-state index contributed by atoms with van der Waals surface area (Å²) in [4.78, 5) is 13.4. The number of hydrogen-bond acceptors (Lipinski definition) is 2. The third-order valence-electron chi connectivity index (χ3n) is 4.92. The van der Waals surface area contributed by atoms with Gasteiger partial charge in [-0.3, -0.25) is 4.79 Å². The molecule has 0 fully saturated rings. The highest BCUT2D eigenvalue weighted by molar-refractivity contribution is 5.74. The number of anilines is 2. The van der Waals surface area contributed by atoms with Crippen LogP contribution in [0.3, 0.4) is 0 Å². The van der Waals surface area contributed by atoms with Crippen molar-refractivity contribution in [3.05, 3.63) is 95.1 Å². The topological polar surface area (TPSA) is 40.5 Å². The zero-order valence-electron chi connectivity index (χ0n) is 14.6. The number of hydrogen-bond donors (Lipinski definition) is 1. The molecule has 1 N–H and O–H groups in total. The summed E-state index contributed by atoms with van der Waals surface area (Å²) in [6.45, 7) is 0.795. The predicted molar refractivity (Wildman–Crippen MR) is 104 cm³/mol. The molecule has 3 nitrogen and oxygen atoms in total. The van der Waals surface area contributed by atoms with Crippen LogP contribution in [0.2, 0.25) is 0 Å². The molecule has 3 aromatic rings. The SMILES string of the molecule is O=C(O)Cc1ccc2c(c1)CCc1ccccc1N2Cc1ccccc1.